The average molecular weight is 195 g/mol. The fraction of sp³-hybridized carbons (Fsp3) is 0.300. The number of methoxy groups -OCH3 is 1. The summed E-state index contributed by atoms with van der Waals surface area (Å²) < 4.78 is 4.61. The van der Waals surface area contributed by atoms with Crippen LogP contribution < -0.4 is 5.48 Å². The SMILES string of the molecule is COCONC(=O)c1cccc(C)c1. The van der Waals surface area contributed by atoms with Crippen LogP contribution in [0.4, 0.5) is 0 Å². The second-order valence-electron chi connectivity index (χ2n) is 2.85. The van der Waals surface area contributed by atoms with Crippen molar-refractivity contribution in [3.63, 3.8) is 0 Å². The van der Waals surface area contributed by atoms with E-state index in [0.717, 1.165) is 5.56 Å². The van der Waals surface area contributed by atoms with Gasteiger partial charge < -0.3 is 4.74 Å². The van der Waals surface area contributed by atoms with Crippen molar-refractivity contribution in [2.75, 3.05) is 13.9 Å². The standard InChI is InChI=1S/C10H13NO3/c1-8-4-3-5-9(6-8)10(12)11-14-7-13-2/h3-6H,7H2,1-2H3,(H,11,12). The van der Waals surface area contributed by atoms with Crippen molar-refractivity contribution in [3.05, 3.63) is 35.4 Å². The first-order valence-corrected chi connectivity index (χ1v) is 4.22. The normalized spacial score (nSPS) is 9.86. The van der Waals surface area contributed by atoms with Crippen LogP contribution in [-0.2, 0) is 9.57 Å². The minimum absolute atomic E-state index is 0.0392. The number of amides is 1. The van der Waals surface area contributed by atoms with E-state index in [-0.39, 0.29) is 12.7 Å². The Morgan fingerprint density at radius 1 is 1.50 bits per heavy atom. The molecule has 1 rings (SSSR count). The Morgan fingerprint density at radius 3 is 2.93 bits per heavy atom. The number of aryl methyl sites for hydroxylation is 1. The molecule has 0 bridgehead atoms. The molecule has 0 aliphatic heterocycles. The summed E-state index contributed by atoms with van der Waals surface area (Å²) in [6, 6.07) is 7.25. The Labute approximate surface area is 82.8 Å². The minimum Gasteiger partial charge on any atom is -0.356 e. The number of carbonyl (C=O) groups is 1. The number of nitrogens with one attached hydrogen (secondary N) is 1. The number of carbonyl (C=O) groups excluding carboxylic acids is 1. The predicted molar refractivity (Wildman–Crippen MR) is 51.6 cm³/mol. The molecule has 4 heteroatoms. The third-order valence-corrected chi connectivity index (χ3v) is 1.62. The Bertz CT molecular complexity index is 312. The second kappa shape index (κ2) is 5.36. The number of hydroxylamine groups is 1. The van der Waals surface area contributed by atoms with Gasteiger partial charge in [0.2, 0.25) is 0 Å². The Morgan fingerprint density at radius 2 is 2.29 bits per heavy atom. The van der Waals surface area contributed by atoms with Crippen molar-refractivity contribution < 1.29 is 14.4 Å². The molecular formula is C10H13NO3. The van der Waals surface area contributed by atoms with Crippen LogP contribution in [0.3, 0.4) is 0 Å². The zero-order valence-electron chi connectivity index (χ0n) is 8.24. The number of hydrogen-bond acceptors (Lipinski definition) is 3. The zero-order chi connectivity index (χ0) is 10.4. The number of hydrogen-bond donors (Lipinski definition) is 1. The number of ether oxygens (including phenoxy) is 1. The molecule has 0 unspecified atom stereocenters. The van der Waals surface area contributed by atoms with Crippen LogP contribution in [0.2, 0.25) is 0 Å². The highest BCUT2D eigenvalue weighted by Crippen LogP contribution is 2.03. The highest BCUT2D eigenvalue weighted by molar-refractivity contribution is 5.93. The first kappa shape index (κ1) is 10.7. The predicted octanol–water partition coefficient (Wildman–Crippen LogP) is 1.26. The van der Waals surface area contributed by atoms with Crippen molar-refractivity contribution in [2.24, 2.45) is 0 Å². The van der Waals surface area contributed by atoms with Crippen LogP contribution in [0.1, 0.15) is 15.9 Å². The van der Waals surface area contributed by atoms with E-state index in [1.807, 2.05) is 19.1 Å². The highest BCUT2D eigenvalue weighted by atomic mass is 16.8. The maximum Gasteiger partial charge on any atom is 0.274 e. The highest BCUT2D eigenvalue weighted by Gasteiger charge is 2.04. The van der Waals surface area contributed by atoms with E-state index in [1.54, 1.807) is 12.1 Å². The molecule has 76 valence electrons. The molecule has 4 nitrogen and oxygen atoms in total. The van der Waals surface area contributed by atoms with E-state index in [2.05, 4.69) is 10.2 Å². The topological polar surface area (TPSA) is 47.6 Å². The monoisotopic (exact) mass is 195 g/mol. The smallest absolute Gasteiger partial charge is 0.274 e. The molecule has 0 radical (unpaired) electrons. The lowest BCUT2D eigenvalue weighted by Gasteiger charge is -2.04. The van der Waals surface area contributed by atoms with Crippen molar-refractivity contribution in [1.82, 2.24) is 5.48 Å². The molecule has 0 atom stereocenters. The van der Waals surface area contributed by atoms with Gasteiger partial charge in [-0.1, -0.05) is 17.7 Å². The molecule has 0 saturated heterocycles. The lowest BCUT2D eigenvalue weighted by molar-refractivity contribution is -0.0704. The molecule has 0 fully saturated rings. The van der Waals surface area contributed by atoms with E-state index < -0.39 is 0 Å². The molecule has 0 aliphatic carbocycles. The lowest BCUT2D eigenvalue weighted by atomic mass is 10.1. The van der Waals surface area contributed by atoms with Crippen molar-refractivity contribution in [3.8, 4) is 0 Å². The largest absolute Gasteiger partial charge is 0.356 e. The maximum absolute atomic E-state index is 11.4. The van der Waals surface area contributed by atoms with E-state index in [0.29, 0.717) is 5.56 Å². The fourth-order valence-corrected chi connectivity index (χ4v) is 0.999. The Hall–Kier alpha value is -1.39. The van der Waals surface area contributed by atoms with Gasteiger partial charge in [-0.25, -0.2) is 10.3 Å². The van der Waals surface area contributed by atoms with Gasteiger partial charge in [0.15, 0.2) is 6.79 Å². The summed E-state index contributed by atoms with van der Waals surface area (Å²) in [6.07, 6.45) is 0. The van der Waals surface area contributed by atoms with Crippen LogP contribution in [0.5, 0.6) is 0 Å². The number of benzene rings is 1. The van der Waals surface area contributed by atoms with Gasteiger partial charge in [-0.15, -0.1) is 0 Å². The van der Waals surface area contributed by atoms with Gasteiger partial charge in [0, 0.05) is 12.7 Å². The average Bonchev–Trinajstić information content (AvgIpc) is 2.18. The van der Waals surface area contributed by atoms with Crippen molar-refractivity contribution in [1.29, 1.82) is 0 Å². The second-order valence-corrected chi connectivity index (χ2v) is 2.85. The van der Waals surface area contributed by atoms with Gasteiger partial charge in [0.25, 0.3) is 5.91 Å². The lowest BCUT2D eigenvalue weighted by Crippen LogP contribution is -2.24. The molecule has 0 aliphatic rings. The molecule has 0 heterocycles. The zero-order valence-corrected chi connectivity index (χ0v) is 8.24. The van der Waals surface area contributed by atoms with Crippen LogP contribution in [0.15, 0.2) is 24.3 Å². The summed E-state index contributed by atoms with van der Waals surface area (Å²) in [5.41, 5.74) is 3.87. The van der Waals surface area contributed by atoms with Gasteiger partial charge in [0.05, 0.1) is 0 Å². The molecule has 1 N–H and O–H groups in total. The minimum atomic E-state index is -0.272. The van der Waals surface area contributed by atoms with Crippen molar-refractivity contribution in [2.45, 2.75) is 6.92 Å². The van der Waals surface area contributed by atoms with Gasteiger partial charge in [0.1, 0.15) is 0 Å². The van der Waals surface area contributed by atoms with Gasteiger partial charge in [-0.3, -0.25) is 4.79 Å². The Balaban J connectivity index is 2.52. The maximum atomic E-state index is 11.4. The van der Waals surface area contributed by atoms with E-state index in [4.69, 9.17) is 4.84 Å². The Kier molecular flexibility index (Phi) is 4.10. The van der Waals surface area contributed by atoms with E-state index in [9.17, 15) is 4.79 Å². The molecule has 0 spiro atoms. The van der Waals surface area contributed by atoms with Crippen LogP contribution in [0, 0.1) is 6.92 Å². The fourth-order valence-electron chi connectivity index (χ4n) is 0.999. The summed E-state index contributed by atoms with van der Waals surface area (Å²) in [6.45, 7) is 1.96. The van der Waals surface area contributed by atoms with Crippen LogP contribution in [-0.4, -0.2) is 19.8 Å². The molecule has 1 aromatic rings. The quantitative estimate of drug-likeness (QED) is 0.447. The summed E-state index contributed by atoms with van der Waals surface area (Å²) in [4.78, 5) is 16.1. The van der Waals surface area contributed by atoms with Crippen molar-refractivity contribution >= 4 is 5.91 Å². The molecule has 0 saturated carbocycles. The third kappa shape index (κ3) is 3.16. The molecule has 14 heavy (non-hydrogen) atoms. The third-order valence-electron chi connectivity index (χ3n) is 1.62. The number of rotatable bonds is 4. The molecule has 1 aromatic carbocycles. The van der Waals surface area contributed by atoms with E-state index in [1.165, 1.54) is 7.11 Å². The van der Waals surface area contributed by atoms with Gasteiger partial charge in [-0.2, -0.15) is 0 Å². The first-order valence-electron chi connectivity index (χ1n) is 4.22. The molecular weight excluding hydrogens is 182 g/mol. The summed E-state index contributed by atoms with van der Waals surface area (Å²) in [7, 11) is 1.48. The van der Waals surface area contributed by atoms with Crippen LogP contribution in [0.25, 0.3) is 0 Å². The van der Waals surface area contributed by atoms with Gasteiger partial charge in [-0.05, 0) is 19.1 Å². The van der Waals surface area contributed by atoms with E-state index >= 15 is 0 Å². The molecule has 1 amide bonds. The van der Waals surface area contributed by atoms with Crippen LogP contribution >= 0.6 is 0 Å². The first-order chi connectivity index (χ1) is 6.74. The summed E-state index contributed by atoms with van der Waals surface area (Å²) in [5.74, 6) is -0.272. The van der Waals surface area contributed by atoms with Gasteiger partial charge >= 0.3 is 0 Å². The summed E-state index contributed by atoms with van der Waals surface area (Å²) in [5, 5.41) is 0. The molecule has 0 aromatic heterocycles. The summed E-state index contributed by atoms with van der Waals surface area (Å²) >= 11 is 0.